The van der Waals surface area contributed by atoms with Crippen LogP contribution in [0.15, 0.2) is 48.8 Å². The number of rotatable bonds is 6. The first-order valence-electron chi connectivity index (χ1n) is 7.98. The van der Waals surface area contributed by atoms with Gasteiger partial charge in [0.05, 0.1) is 25.5 Å². The van der Waals surface area contributed by atoms with Gasteiger partial charge in [-0.3, -0.25) is 5.41 Å². The fourth-order valence-electron chi connectivity index (χ4n) is 2.52. The number of anilines is 2. The molecule has 0 amide bonds. The number of aromatic nitrogens is 2. The smallest absolute Gasteiger partial charge is 0.164 e. The van der Waals surface area contributed by atoms with Crippen molar-refractivity contribution in [3.63, 3.8) is 0 Å². The van der Waals surface area contributed by atoms with Crippen molar-refractivity contribution in [2.24, 2.45) is 0 Å². The van der Waals surface area contributed by atoms with Crippen LogP contribution in [-0.2, 0) is 0 Å². The average Bonchev–Trinajstić information content (AvgIpc) is 2.68. The van der Waals surface area contributed by atoms with E-state index in [1.54, 1.807) is 56.7 Å². The Morgan fingerprint density at radius 3 is 2.04 bits per heavy atom. The summed E-state index contributed by atoms with van der Waals surface area (Å²) in [6, 6.07) is 12.2. The fourth-order valence-corrected chi connectivity index (χ4v) is 2.52. The molecule has 0 saturated heterocycles. The minimum Gasteiger partial charge on any atom is -0.493 e. The Hall–Kier alpha value is -3.81. The highest BCUT2D eigenvalue weighted by molar-refractivity contribution is 6.15. The predicted molar refractivity (Wildman–Crippen MR) is 103 cm³/mol. The molecule has 0 atom stereocenters. The van der Waals surface area contributed by atoms with Crippen molar-refractivity contribution in [1.82, 2.24) is 9.97 Å². The third-order valence-electron chi connectivity index (χ3n) is 3.89. The van der Waals surface area contributed by atoms with Crippen LogP contribution in [0.25, 0.3) is 0 Å². The van der Waals surface area contributed by atoms with Crippen LogP contribution in [-0.4, -0.2) is 29.9 Å². The van der Waals surface area contributed by atoms with Gasteiger partial charge < -0.3 is 25.7 Å². The lowest BCUT2D eigenvalue weighted by molar-refractivity contribution is 0.352. The summed E-state index contributed by atoms with van der Waals surface area (Å²) < 4.78 is 16.3. The SMILES string of the molecule is COc1ccc(Oc2ccc(C(=N)c3c(N)ncnc3N)cc2)cc1OC. The van der Waals surface area contributed by atoms with Gasteiger partial charge >= 0.3 is 0 Å². The van der Waals surface area contributed by atoms with Gasteiger partial charge in [-0.05, 0) is 36.4 Å². The van der Waals surface area contributed by atoms with Gasteiger partial charge in [-0.25, -0.2) is 9.97 Å². The molecular formula is C19H19N5O3. The van der Waals surface area contributed by atoms with Gasteiger partial charge in [0, 0.05) is 11.6 Å². The number of nitrogens with two attached hydrogens (primary N) is 2. The molecule has 0 radical (unpaired) electrons. The quantitative estimate of drug-likeness (QED) is 0.573. The van der Waals surface area contributed by atoms with Crippen molar-refractivity contribution in [1.29, 1.82) is 5.41 Å². The third kappa shape index (κ3) is 3.74. The fraction of sp³-hybridized carbons (Fsp3) is 0.105. The maximum absolute atomic E-state index is 8.33. The topological polar surface area (TPSA) is 129 Å². The molecule has 0 bridgehead atoms. The van der Waals surface area contributed by atoms with Crippen LogP contribution in [0.5, 0.6) is 23.0 Å². The van der Waals surface area contributed by atoms with E-state index in [1.807, 2.05) is 0 Å². The summed E-state index contributed by atoms with van der Waals surface area (Å²) in [5.74, 6) is 2.72. The molecule has 0 aliphatic rings. The minimum atomic E-state index is 0.142. The molecule has 0 fully saturated rings. The van der Waals surface area contributed by atoms with Crippen LogP contribution in [0.4, 0.5) is 11.6 Å². The first-order chi connectivity index (χ1) is 13.0. The van der Waals surface area contributed by atoms with Crippen LogP contribution in [0.3, 0.4) is 0 Å². The van der Waals surface area contributed by atoms with Crippen LogP contribution in [0, 0.1) is 5.41 Å². The molecule has 8 nitrogen and oxygen atoms in total. The molecule has 1 aromatic heterocycles. The molecular weight excluding hydrogens is 346 g/mol. The van der Waals surface area contributed by atoms with Gasteiger partial charge in [0.2, 0.25) is 0 Å². The van der Waals surface area contributed by atoms with Gasteiger partial charge in [0.25, 0.3) is 0 Å². The van der Waals surface area contributed by atoms with Gasteiger partial charge in [-0.2, -0.15) is 0 Å². The second-order valence-corrected chi connectivity index (χ2v) is 5.54. The molecule has 138 valence electrons. The summed E-state index contributed by atoms with van der Waals surface area (Å²) in [6.45, 7) is 0. The lowest BCUT2D eigenvalue weighted by atomic mass is 10.0. The minimum absolute atomic E-state index is 0.142. The molecule has 0 saturated carbocycles. The standard InChI is InChI=1S/C19H19N5O3/c1-25-14-8-7-13(9-15(14)26-2)27-12-5-3-11(4-6-12)17(20)16-18(21)23-10-24-19(16)22/h3-10,20H,1-2H3,(H4,21,22,23,24). The van der Waals surface area contributed by atoms with E-state index in [1.165, 1.54) is 6.33 Å². The third-order valence-corrected chi connectivity index (χ3v) is 3.89. The monoisotopic (exact) mass is 365 g/mol. The van der Waals surface area contributed by atoms with Crippen LogP contribution < -0.4 is 25.7 Å². The molecule has 0 spiro atoms. The van der Waals surface area contributed by atoms with E-state index in [4.69, 9.17) is 31.1 Å². The molecule has 27 heavy (non-hydrogen) atoms. The van der Waals surface area contributed by atoms with Crippen molar-refractivity contribution in [2.75, 3.05) is 25.7 Å². The number of nitrogen functional groups attached to an aromatic ring is 2. The Morgan fingerprint density at radius 2 is 1.44 bits per heavy atom. The zero-order valence-electron chi connectivity index (χ0n) is 14.9. The normalized spacial score (nSPS) is 10.3. The molecule has 0 aliphatic heterocycles. The van der Waals surface area contributed by atoms with Gasteiger partial charge in [-0.1, -0.05) is 0 Å². The second kappa shape index (κ2) is 7.61. The maximum Gasteiger partial charge on any atom is 0.164 e. The Morgan fingerprint density at radius 1 is 0.852 bits per heavy atom. The number of hydrogen-bond acceptors (Lipinski definition) is 8. The largest absolute Gasteiger partial charge is 0.493 e. The highest BCUT2D eigenvalue weighted by atomic mass is 16.5. The Bertz CT molecular complexity index is 953. The molecule has 2 aromatic carbocycles. The number of benzene rings is 2. The maximum atomic E-state index is 8.33. The summed E-state index contributed by atoms with van der Waals surface area (Å²) >= 11 is 0. The Kier molecular flexibility index (Phi) is 5.07. The van der Waals surface area contributed by atoms with E-state index >= 15 is 0 Å². The second-order valence-electron chi connectivity index (χ2n) is 5.54. The van der Waals surface area contributed by atoms with Gasteiger partial charge in [0.1, 0.15) is 29.5 Å². The number of nitrogens with zero attached hydrogens (tertiary/aromatic N) is 2. The van der Waals surface area contributed by atoms with Crippen molar-refractivity contribution < 1.29 is 14.2 Å². The van der Waals surface area contributed by atoms with Crippen molar-refractivity contribution in [2.45, 2.75) is 0 Å². The summed E-state index contributed by atoms with van der Waals surface area (Å²) in [7, 11) is 3.13. The van der Waals surface area contributed by atoms with E-state index in [9.17, 15) is 0 Å². The van der Waals surface area contributed by atoms with E-state index in [0.29, 0.717) is 34.1 Å². The highest BCUT2D eigenvalue weighted by Gasteiger charge is 2.14. The molecule has 5 N–H and O–H groups in total. The zero-order chi connectivity index (χ0) is 19.4. The average molecular weight is 365 g/mol. The van der Waals surface area contributed by atoms with Gasteiger partial charge in [0.15, 0.2) is 11.5 Å². The van der Waals surface area contributed by atoms with E-state index < -0.39 is 0 Å². The first kappa shape index (κ1) is 18.0. The number of nitrogens with one attached hydrogen (secondary N) is 1. The predicted octanol–water partition coefficient (Wildman–Crippen LogP) is 2.87. The zero-order valence-corrected chi connectivity index (χ0v) is 14.9. The lowest BCUT2D eigenvalue weighted by Crippen LogP contribution is -2.11. The summed E-state index contributed by atoms with van der Waals surface area (Å²) in [5.41, 5.74) is 12.7. The Labute approximate surface area is 156 Å². The molecule has 8 heteroatoms. The highest BCUT2D eigenvalue weighted by Crippen LogP contribution is 2.33. The number of methoxy groups -OCH3 is 2. The van der Waals surface area contributed by atoms with E-state index in [2.05, 4.69) is 9.97 Å². The van der Waals surface area contributed by atoms with E-state index in [-0.39, 0.29) is 17.3 Å². The summed E-state index contributed by atoms with van der Waals surface area (Å²) in [5, 5.41) is 8.33. The summed E-state index contributed by atoms with van der Waals surface area (Å²) in [6.07, 6.45) is 1.27. The molecule has 1 heterocycles. The number of ether oxygens (including phenoxy) is 3. The molecule has 0 unspecified atom stereocenters. The van der Waals surface area contributed by atoms with Crippen molar-refractivity contribution in [3.8, 4) is 23.0 Å². The molecule has 3 aromatic rings. The Balaban J connectivity index is 1.81. The van der Waals surface area contributed by atoms with Crippen LogP contribution >= 0.6 is 0 Å². The lowest BCUT2D eigenvalue weighted by Gasteiger charge is -2.12. The van der Waals surface area contributed by atoms with Gasteiger partial charge in [-0.15, -0.1) is 0 Å². The van der Waals surface area contributed by atoms with Crippen LogP contribution in [0.2, 0.25) is 0 Å². The van der Waals surface area contributed by atoms with E-state index in [0.717, 1.165) is 0 Å². The van der Waals surface area contributed by atoms with Crippen molar-refractivity contribution >= 4 is 17.3 Å². The van der Waals surface area contributed by atoms with Crippen LogP contribution in [0.1, 0.15) is 11.1 Å². The summed E-state index contributed by atoms with van der Waals surface area (Å²) in [4.78, 5) is 7.78. The van der Waals surface area contributed by atoms with Crippen molar-refractivity contribution in [3.05, 3.63) is 59.9 Å². The molecule has 3 rings (SSSR count). The molecule has 0 aliphatic carbocycles. The number of hydrogen-bond donors (Lipinski definition) is 3. The first-order valence-corrected chi connectivity index (χ1v) is 7.98.